The van der Waals surface area contributed by atoms with Gasteiger partial charge >= 0.3 is 0 Å². The van der Waals surface area contributed by atoms with Crippen molar-refractivity contribution >= 4 is 5.82 Å². The molecular formula is C21H26N6O. The van der Waals surface area contributed by atoms with E-state index < -0.39 is 0 Å². The van der Waals surface area contributed by atoms with Crippen molar-refractivity contribution in [1.29, 1.82) is 0 Å². The number of likely N-dealkylation sites (tertiary alicyclic amines) is 1. The zero-order valence-corrected chi connectivity index (χ0v) is 16.4. The first-order chi connectivity index (χ1) is 13.7. The Kier molecular flexibility index (Phi) is 5.62. The third kappa shape index (κ3) is 4.54. The van der Waals surface area contributed by atoms with E-state index in [0.717, 1.165) is 55.4 Å². The largest absolute Gasteiger partial charge is 0.367 e. The molecule has 0 bridgehead atoms. The van der Waals surface area contributed by atoms with Gasteiger partial charge in [-0.1, -0.05) is 25.1 Å². The van der Waals surface area contributed by atoms with Gasteiger partial charge in [-0.3, -0.25) is 9.88 Å². The minimum absolute atomic E-state index is 0.245. The van der Waals surface area contributed by atoms with E-state index >= 15 is 0 Å². The van der Waals surface area contributed by atoms with Gasteiger partial charge in [0, 0.05) is 44.0 Å². The number of hydrogen-bond acceptors (Lipinski definition) is 7. The number of aromatic nitrogens is 4. The summed E-state index contributed by atoms with van der Waals surface area (Å²) in [5.74, 6) is 2.37. The van der Waals surface area contributed by atoms with Crippen LogP contribution < -0.4 is 5.32 Å². The van der Waals surface area contributed by atoms with Gasteiger partial charge in [0.05, 0.1) is 11.3 Å². The molecule has 3 aromatic rings. The van der Waals surface area contributed by atoms with Crippen LogP contribution in [0.2, 0.25) is 0 Å². The van der Waals surface area contributed by atoms with Gasteiger partial charge in [0.1, 0.15) is 5.82 Å². The Morgan fingerprint density at radius 2 is 2.00 bits per heavy atom. The first-order valence-electron chi connectivity index (χ1n) is 9.86. The van der Waals surface area contributed by atoms with E-state index in [2.05, 4.69) is 36.4 Å². The Bertz CT molecular complexity index is 869. The van der Waals surface area contributed by atoms with Gasteiger partial charge in [-0.2, -0.15) is 4.98 Å². The van der Waals surface area contributed by atoms with Crippen molar-refractivity contribution in [1.82, 2.24) is 25.0 Å². The van der Waals surface area contributed by atoms with Gasteiger partial charge in [-0.05, 0) is 37.1 Å². The van der Waals surface area contributed by atoms with E-state index in [9.17, 15) is 0 Å². The molecule has 4 heterocycles. The number of anilines is 1. The van der Waals surface area contributed by atoms with Gasteiger partial charge in [-0.25, -0.2) is 4.98 Å². The van der Waals surface area contributed by atoms with E-state index in [4.69, 9.17) is 4.52 Å². The molecule has 0 spiro atoms. The van der Waals surface area contributed by atoms with Crippen molar-refractivity contribution in [2.75, 3.05) is 18.4 Å². The Morgan fingerprint density at radius 1 is 1.14 bits per heavy atom. The highest BCUT2D eigenvalue weighted by Gasteiger charge is 2.20. The predicted octanol–water partition coefficient (Wildman–Crippen LogP) is 3.73. The van der Waals surface area contributed by atoms with Crippen LogP contribution in [0.15, 0.2) is 47.2 Å². The number of nitrogens with one attached hydrogen (secondary N) is 1. The fraction of sp³-hybridized carbons (Fsp3) is 0.429. The van der Waals surface area contributed by atoms with Gasteiger partial charge in [0.15, 0.2) is 5.82 Å². The highest BCUT2D eigenvalue weighted by atomic mass is 16.5. The minimum atomic E-state index is 0.245. The molecule has 7 nitrogen and oxygen atoms in total. The first-order valence-corrected chi connectivity index (χ1v) is 9.86. The number of hydrogen-bond donors (Lipinski definition) is 1. The SMILES string of the molecule is CC(C)c1noc(-c2ccc(NC3CCN(Cc4ccccn4)CC3)nc2)n1. The van der Waals surface area contributed by atoms with E-state index in [0.29, 0.717) is 11.9 Å². The standard InChI is InChI=1S/C21H26N6O/c1-15(2)20-25-21(28-26-20)16-6-7-19(23-13-16)24-17-8-11-27(12-9-17)14-18-5-3-4-10-22-18/h3-7,10,13,15,17H,8-9,11-12,14H2,1-2H3,(H,23,24). The topological polar surface area (TPSA) is 80.0 Å². The van der Waals surface area contributed by atoms with E-state index in [1.165, 1.54) is 0 Å². The lowest BCUT2D eigenvalue weighted by molar-refractivity contribution is 0.209. The van der Waals surface area contributed by atoms with Crippen molar-refractivity contribution in [3.63, 3.8) is 0 Å². The Hall–Kier alpha value is -2.80. The van der Waals surface area contributed by atoms with Gasteiger partial charge in [0.25, 0.3) is 5.89 Å². The number of piperidine rings is 1. The Morgan fingerprint density at radius 3 is 2.64 bits per heavy atom. The molecule has 1 fully saturated rings. The molecule has 0 saturated carbocycles. The van der Waals surface area contributed by atoms with Crippen LogP contribution in [0, 0.1) is 0 Å². The third-order valence-electron chi connectivity index (χ3n) is 5.02. The van der Waals surface area contributed by atoms with Crippen LogP contribution in [-0.4, -0.2) is 44.1 Å². The van der Waals surface area contributed by atoms with Crippen LogP contribution in [-0.2, 0) is 6.54 Å². The summed E-state index contributed by atoms with van der Waals surface area (Å²) in [6, 6.07) is 10.5. The third-order valence-corrected chi connectivity index (χ3v) is 5.02. The quantitative estimate of drug-likeness (QED) is 0.700. The summed E-state index contributed by atoms with van der Waals surface area (Å²) in [5.41, 5.74) is 1.97. The van der Waals surface area contributed by atoms with E-state index in [1.54, 1.807) is 6.20 Å². The van der Waals surface area contributed by atoms with Crippen molar-refractivity contribution in [2.24, 2.45) is 0 Å². The summed E-state index contributed by atoms with van der Waals surface area (Å²) in [5, 5.41) is 7.55. The minimum Gasteiger partial charge on any atom is -0.367 e. The maximum Gasteiger partial charge on any atom is 0.259 e. The molecule has 0 radical (unpaired) electrons. The van der Waals surface area contributed by atoms with E-state index in [1.807, 2.05) is 44.3 Å². The molecule has 4 rings (SSSR count). The molecular weight excluding hydrogens is 352 g/mol. The van der Waals surface area contributed by atoms with Crippen molar-refractivity contribution in [2.45, 2.75) is 45.2 Å². The monoisotopic (exact) mass is 378 g/mol. The molecule has 0 amide bonds. The molecule has 1 saturated heterocycles. The molecule has 28 heavy (non-hydrogen) atoms. The zero-order valence-electron chi connectivity index (χ0n) is 16.4. The lowest BCUT2D eigenvalue weighted by Gasteiger charge is -2.32. The van der Waals surface area contributed by atoms with Crippen LogP contribution in [0.5, 0.6) is 0 Å². The lowest BCUT2D eigenvalue weighted by Crippen LogP contribution is -2.38. The maximum atomic E-state index is 5.33. The van der Waals surface area contributed by atoms with Gasteiger partial charge in [-0.15, -0.1) is 0 Å². The van der Waals surface area contributed by atoms with Crippen LogP contribution >= 0.6 is 0 Å². The second-order valence-electron chi connectivity index (χ2n) is 7.56. The lowest BCUT2D eigenvalue weighted by atomic mass is 10.0. The smallest absolute Gasteiger partial charge is 0.259 e. The van der Waals surface area contributed by atoms with Crippen LogP contribution in [0.1, 0.15) is 44.1 Å². The van der Waals surface area contributed by atoms with Gasteiger partial charge < -0.3 is 9.84 Å². The fourth-order valence-electron chi connectivity index (χ4n) is 3.36. The molecule has 3 aromatic heterocycles. The maximum absolute atomic E-state index is 5.33. The van der Waals surface area contributed by atoms with Gasteiger partial charge in [0.2, 0.25) is 0 Å². The zero-order chi connectivity index (χ0) is 19.3. The first kappa shape index (κ1) is 18.6. The van der Waals surface area contributed by atoms with Crippen LogP contribution in [0.4, 0.5) is 5.82 Å². The van der Waals surface area contributed by atoms with Crippen molar-refractivity contribution in [3.05, 3.63) is 54.2 Å². The van der Waals surface area contributed by atoms with Crippen LogP contribution in [0.3, 0.4) is 0 Å². The molecule has 0 unspecified atom stereocenters. The fourth-order valence-corrected chi connectivity index (χ4v) is 3.36. The molecule has 7 heteroatoms. The van der Waals surface area contributed by atoms with Crippen molar-refractivity contribution in [3.8, 4) is 11.5 Å². The summed E-state index contributed by atoms with van der Waals surface area (Å²) in [6.07, 6.45) is 5.84. The summed E-state index contributed by atoms with van der Waals surface area (Å²) in [7, 11) is 0. The summed E-state index contributed by atoms with van der Waals surface area (Å²) in [4.78, 5) is 15.8. The second kappa shape index (κ2) is 8.48. The number of rotatable bonds is 6. The molecule has 0 aromatic carbocycles. The highest BCUT2D eigenvalue weighted by molar-refractivity contribution is 5.54. The number of pyridine rings is 2. The molecule has 1 N–H and O–H groups in total. The molecule has 0 atom stereocenters. The highest BCUT2D eigenvalue weighted by Crippen LogP contribution is 2.22. The summed E-state index contributed by atoms with van der Waals surface area (Å²) < 4.78 is 5.33. The normalized spacial score (nSPS) is 15.8. The van der Waals surface area contributed by atoms with Crippen LogP contribution in [0.25, 0.3) is 11.5 Å². The molecule has 1 aliphatic heterocycles. The average Bonchev–Trinajstić information content (AvgIpc) is 3.22. The molecule has 0 aliphatic carbocycles. The second-order valence-corrected chi connectivity index (χ2v) is 7.56. The average molecular weight is 378 g/mol. The predicted molar refractivity (Wildman–Crippen MR) is 108 cm³/mol. The Labute approximate surface area is 165 Å². The number of nitrogens with zero attached hydrogens (tertiary/aromatic N) is 5. The van der Waals surface area contributed by atoms with E-state index in [-0.39, 0.29) is 5.92 Å². The summed E-state index contributed by atoms with van der Waals surface area (Å²) >= 11 is 0. The summed E-state index contributed by atoms with van der Waals surface area (Å²) in [6.45, 7) is 7.13. The molecule has 1 aliphatic rings. The Balaban J connectivity index is 1.29. The molecule has 146 valence electrons. The van der Waals surface area contributed by atoms with Crippen molar-refractivity contribution < 1.29 is 4.52 Å².